The molecule has 0 aliphatic carbocycles. The number of carbonyl (C=O) groups excluding carboxylic acids is 2. The van der Waals surface area contributed by atoms with Gasteiger partial charge in [-0.25, -0.2) is 4.79 Å². The summed E-state index contributed by atoms with van der Waals surface area (Å²) in [5.74, 6) is 0.703. The average molecular weight is 381 g/mol. The zero-order valence-electron chi connectivity index (χ0n) is 16.6. The molecule has 2 aromatic rings. The summed E-state index contributed by atoms with van der Waals surface area (Å²) in [6.45, 7) is 2.04. The Kier molecular flexibility index (Phi) is 8.28. The summed E-state index contributed by atoms with van der Waals surface area (Å²) in [7, 11) is 2.90. The Morgan fingerprint density at radius 3 is 2.29 bits per heavy atom. The fourth-order valence-electron chi connectivity index (χ4n) is 2.85. The van der Waals surface area contributed by atoms with E-state index in [9.17, 15) is 9.59 Å². The molecule has 0 heterocycles. The van der Waals surface area contributed by atoms with Crippen molar-refractivity contribution in [3.8, 4) is 5.75 Å². The number of alkyl carbamates (subject to hydrolysis) is 1. The van der Waals surface area contributed by atoms with Crippen LogP contribution in [0.5, 0.6) is 5.75 Å². The van der Waals surface area contributed by atoms with Gasteiger partial charge in [0.2, 0.25) is 0 Å². The van der Waals surface area contributed by atoms with Gasteiger partial charge >= 0.3 is 6.09 Å². The second-order valence-corrected chi connectivity index (χ2v) is 6.38. The number of hydrogen-bond acceptors (Lipinski definition) is 4. The van der Waals surface area contributed by atoms with Crippen molar-refractivity contribution in [1.82, 2.24) is 5.32 Å². The van der Waals surface area contributed by atoms with Crippen LogP contribution in [-0.2, 0) is 9.53 Å². The number of amides is 1. The number of rotatable bonds is 9. The van der Waals surface area contributed by atoms with E-state index < -0.39 is 12.1 Å². The molecule has 28 heavy (non-hydrogen) atoms. The van der Waals surface area contributed by atoms with Crippen molar-refractivity contribution in [3.05, 3.63) is 71.3 Å². The van der Waals surface area contributed by atoms with Gasteiger partial charge in [-0.3, -0.25) is 4.79 Å². The summed E-state index contributed by atoms with van der Waals surface area (Å²) in [5.41, 5.74) is 2.20. The average Bonchev–Trinajstić information content (AvgIpc) is 2.75. The van der Waals surface area contributed by atoms with E-state index in [1.807, 2.05) is 55.5 Å². The Hall–Kier alpha value is -3.08. The molecule has 5 heteroatoms. The Morgan fingerprint density at radius 2 is 1.71 bits per heavy atom. The Balaban J connectivity index is 2.50. The zero-order chi connectivity index (χ0) is 20.4. The first kappa shape index (κ1) is 21.2. The third-order valence-corrected chi connectivity index (χ3v) is 4.41. The predicted molar refractivity (Wildman–Crippen MR) is 110 cm³/mol. The molecule has 0 aliphatic heterocycles. The normalized spacial score (nSPS) is 12.2. The van der Waals surface area contributed by atoms with Crippen molar-refractivity contribution < 1.29 is 19.1 Å². The molecule has 2 rings (SSSR count). The minimum Gasteiger partial charge on any atom is -0.497 e. The van der Waals surface area contributed by atoms with Crippen LogP contribution >= 0.6 is 0 Å². The van der Waals surface area contributed by atoms with E-state index in [1.165, 1.54) is 7.11 Å². The number of nitrogens with one attached hydrogen (secondary N) is 1. The Morgan fingerprint density at radius 1 is 1.04 bits per heavy atom. The topological polar surface area (TPSA) is 64.6 Å². The van der Waals surface area contributed by atoms with Crippen LogP contribution in [0.3, 0.4) is 0 Å². The molecule has 2 aromatic carbocycles. The second kappa shape index (κ2) is 10.9. The van der Waals surface area contributed by atoms with E-state index in [1.54, 1.807) is 19.2 Å². The SMILES string of the molecule is CCCCC(=O)/C(=C/c1ccccc1)C(NC(=O)OC)c1ccc(OC)cc1. The Labute approximate surface area is 166 Å². The van der Waals surface area contributed by atoms with Crippen molar-refractivity contribution in [3.63, 3.8) is 0 Å². The lowest BCUT2D eigenvalue weighted by molar-refractivity contribution is -0.115. The third-order valence-electron chi connectivity index (χ3n) is 4.41. The quantitative estimate of drug-likeness (QED) is 0.625. The molecule has 1 atom stereocenters. The minimum absolute atomic E-state index is 0.00271. The summed E-state index contributed by atoms with van der Waals surface area (Å²) in [6.07, 6.45) is 3.37. The van der Waals surface area contributed by atoms with Gasteiger partial charge < -0.3 is 14.8 Å². The standard InChI is InChI=1S/C23H27NO4/c1-4-5-11-21(25)20(16-17-9-7-6-8-10-17)22(24-23(26)28-3)18-12-14-19(27-2)15-13-18/h6-10,12-16,22H,4-5,11H2,1-3H3,(H,24,26)/b20-16-. The number of ether oxygens (including phenoxy) is 2. The van der Waals surface area contributed by atoms with Crippen LogP contribution in [0.25, 0.3) is 6.08 Å². The van der Waals surface area contributed by atoms with Crippen LogP contribution in [0.4, 0.5) is 4.79 Å². The van der Waals surface area contributed by atoms with Crippen molar-refractivity contribution in [2.45, 2.75) is 32.2 Å². The highest BCUT2D eigenvalue weighted by Crippen LogP contribution is 2.28. The maximum Gasteiger partial charge on any atom is 0.407 e. The minimum atomic E-state index is -0.622. The molecule has 0 radical (unpaired) electrons. The molecule has 1 unspecified atom stereocenters. The molecule has 0 aromatic heterocycles. The number of ketones is 1. The van der Waals surface area contributed by atoms with Gasteiger partial charge in [0.1, 0.15) is 5.75 Å². The molecule has 0 aliphatic rings. The zero-order valence-corrected chi connectivity index (χ0v) is 16.6. The maximum absolute atomic E-state index is 13.0. The smallest absolute Gasteiger partial charge is 0.407 e. The van der Waals surface area contributed by atoms with Gasteiger partial charge in [-0.15, -0.1) is 0 Å². The summed E-state index contributed by atoms with van der Waals surface area (Å²) >= 11 is 0. The van der Waals surface area contributed by atoms with Gasteiger partial charge in [0.25, 0.3) is 0 Å². The molecule has 5 nitrogen and oxygen atoms in total. The lowest BCUT2D eigenvalue weighted by atomic mass is 9.91. The molecular formula is C23H27NO4. The number of methoxy groups -OCH3 is 2. The third kappa shape index (κ3) is 5.98. The highest BCUT2D eigenvalue weighted by molar-refractivity contribution is 6.01. The molecular weight excluding hydrogens is 354 g/mol. The molecule has 0 bridgehead atoms. The van der Waals surface area contributed by atoms with Gasteiger partial charge in [0, 0.05) is 12.0 Å². The van der Waals surface area contributed by atoms with Crippen LogP contribution in [-0.4, -0.2) is 26.1 Å². The van der Waals surface area contributed by atoms with E-state index in [4.69, 9.17) is 9.47 Å². The highest BCUT2D eigenvalue weighted by atomic mass is 16.5. The van der Waals surface area contributed by atoms with Crippen LogP contribution in [0.2, 0.25) is 0 Å². The van der Waals surface area contributed by atoms with Crippen molar-refractivity contribution in [2.75, 3.05) is 14.2 Å². The van der Waals surface area contributed by atoms with Gasteiger partial charge in [0.05, 0.1) is 20.3 Å². The van der Waals surface area contributed by atoms with Crippen LogP contribution in [0, 0.1) is 0 Å². The van der Waals surface area contributed by atoms with Gasteiger partial charge in [-0.05, 0) is 35.8 Å². The second-order valence-electron chi connectivity index (χ2n) is 6.38. The van der Waals surface area contributed by atoms with Gasteiger partial charge in [-0.1, -0.05) is 55.8 Å². The molecule has 148 valence electrons. The summed E-state index contributed by atoms with van der Waals surface area (Å²) in [5, 5.41) is 2.81. The van der Waals surface area contributed by atoms with E-state index in [-0.39, 0.29) is 5.78 Å². The van der Waals surface area contributed by atoms with Crippen LogP contribution in [0.1, 0.15) is 43.4 Å². The highest BCUT2D eigenvalue weighted by Gasteiger charge is 2.24. The predicted octanol–water partition coefficient (Wildman–Crippen LogP) is 4.94. The molecule has 0 saturated heterocycles. The number of benzene rings is 2. The monoisotopic (exact) mass is 381 g/mol. The summed E-state index contributed by atoms with van der Waals surface area (Å²) in [6, 6.07) is 16.3. The molecule has 1 N–H and O–H groups in total. The number of unbranched alkanes of at least 4 members (excludes halogenated alkanes) is 1. The van der Waals surface area contributed by atoms with Gasteiger partial charge in [0.15, 0.2) is 5.78 Å². The first-order chi connectivity index (χ1) is 13.6. The van der Waals surface area contributed by atoms with E-state index >= 15 is 0 Å². The number of Topliss-reactive ketones (excluding diaryl/α,β-unsaturated/α-hetero) is 1. The number of hydrogen-bond donors (Lipinski definition) is 1. The van der Waals surface area contributed by atoms with E-state index in [0.29, 0.717) is 17.7 Å². The first-order valence-corrected chi connectivity index (χ1v) is 9.37. The molecule has 0 saturated carbocycles. The molecule has 1 amide bonds. The lowest BCUT2D eigenvalue weighted by Gasteiger charge is -2.22. The molecule has 0 spiro atoms. The maximum atomic E-state index is 13.0. The van der Waals surface area contributed by atoms with Crippen LogP contribution in [0.15, 0.2) is 60.2 Å². The van der Waals surface area contributed by atoms with Crippen molar-refractivity contribution in [2.24, 2.45) is 0 Å². The molecule has 0 fully saturated rings. The van der Waals surface area contributed by atoms with Gasteiger partial charge in [-0.2, -0.15) is 0 Å². The fraction of sp³-hybridized carbons (Fsp3) is 0.304. The first-order valence-electron chi connectivity index (χ1n) is 9.37. The van der Waals surface area contributed by atoms with Crippen molar-refractivity contribution in [1.29, 1.82) is 0 Å². The summed E-state index contributed by atoms with van der Waals surface area (Å²) in [4.78, 5) is 25.0. The Bertz CT molecular complexity index is 797. The van der Waals surface area contributed by atoms with Crippen LogP contribution < -0.4 is 10.1 Å². The van der Waals surface area contributed by atoms with Crippen molar-refractivity contribution >= 4 is 18.0 Å². The largest absolute Gasteiger partial charge is 0.497 e. The van der Waals surface area contributed by atoms with E-state index in [0.717, 1.165) is 24.0 Å². The lowest BCUT2D eigenvalue weighted by Crippen LogP contribution is -2.31. The fourth-order valence-corrected chi connectivity index (χ4v) is 2.85. The summed E-state index contributed by atoms with van der Waals surface area (Å²) < 4.78 is 10.0. The number of carbonyl (C=O) groups is 2. The van der Waals surface area contributed by atoms with E-state index in [2.05, 4.69) is 5.32 Å².